The molecule has 0 spiro atoms. The molecule has 1 aliphatic heterocycles. The van der Waals surface area contributed by atoms with Gasteiger partial charge in [-0.3, -0.25) is 4.79 Å². The molecule has 0 fully saturated rings. The minimum absolute atomic E-state index is 0.0413. The molecular weight excluding hydrogens is 590 g/mol. The molecule has 0 aliphatic carbocycles. The first-order valence-electron chi connectivity index (χ1n) is 14.2. The molecule has 2 unspecified atom stereocenters. The zero-order valence-electron chi connectivity index (χ0n) is 23.7. The van der Waals surface area contributed by atoms with Crippen LogP contribution in [0.3, 0.4) is 0 Å². The van der Waals surface area contributed by atoms with Gasteiger partial charge in [-0.05, 0) is 42.1 Å². The molecule has 0 saturated carbocycles. The van der Waals surface area contributed by atoms with Gasteiger partial charge in [0.1, 0.15) is 5.75 Å². The largest absolute Gasteiger partial charge is 0.493 e. The number of benzene rings is 3. The van der Waals surface area contributed by atoms with Crippen molar-refractivity contribution in [3.63, 3.8) is 0 Å². The Labute approximate surface area is 256 Å². The summed E-state index contributed by atoms with van der Waals surface area (Å²) in [6, 6.07) is 21.5. The standard InChI is InChI=1S/C32H36ClN3O4S2/c1-21(2)14-16-34-20-22-12-13-24-26(15-17-40-28(24)18-22)35-30(37)19-27(23-8-4-3-5-9-23)36-42(38,39)32-31(33)25-10-6-7-11-29(25)41-32/h3-13,18,21,26-27,34,36H,14-17,19-20H2,1-2H3,(H,35,37). The maximum atomic E-state index is 13.6. The van der Waals surface area contributed by atoms with Crippen molar-refractivity contribution < 1.29 is 17.9 Å². The number of halogens is 1. The molecule has 222 valence electrons. The molecule has 0 saturated heterocycles. The number of amides is 1. The maximum absolute atomic E-state index is 13.6. The van der Waals surface area contributed by atoms with E-state index in [1.807, 2.05) is 60.7 Å². The molecule has 2 atom stereocenters. The highest BCUT2D eigenvalue weighted by Gasteiger charge is 2.30. The maximum Gasteiger partial charge on any atom is 0.252 e. The fraction of sp³-hybridized carbons (Fsp3) is 0.344. The zero-order chi connectivity index (χ0) is 29.7. The third-order valence-electron chi connectivity index (χ3n) is 7.32. The summed E-state index contributed by atoms with van der Waals surface area (Å²) < 4.78 is 36.6. The van der Waals surface area contributed by atoms with Gasteiger partial charge in [0.15, 0.2) is 4.21 Å². The summed E-state index contributed by atoms with van der Waals surface area (Å²) in [5.41, 5.74) is 2.74. The Morgan fingerprint density at radius 1 is 1.07 bits per heavy atom. The van der Waals surface area contributed by atoms with E-state index < -0.39 is 16.1 Å². The van der Waals surface area contributed by atoms with Crippen LogP contribution in [-0.4, -0.2) is 27.5 Å². The molecule has 1 aromatic heterocycles. The number of ether oxygens (including phenoxy) is 1. The van der Waals surface area contributed by atoms with Gasteiger partial charge in [0.05, 0.1) is 23.7 Å². The van der Waals surface area contributed by atoms with E-state index in [1.54, 1.807) is 6.07 Å². The predicted octanol–water partition coefficient (Wildman–Crippen LogP) is 6.74. The molecular formula is C32H36ClN3O4S2. The molecule has 1 aliphatic rings. The SMILES string of the molecule is CC(C)CCNCc1ccc2c(c1)OCCC2NC(=O)CC(NS(=O)(=O)c1sc2ccccc2c1Cl)c1ccccc1. The molecule has 0 bridgehead atoms. The lowest BCUT2D eigenvalue weighted by Crippen LogP contribution is -2.36. The number of carbonyl (C=O) groups excluding carboxylic acids is 1. The van der Waals surface area contributed by atoms with Crippen molar-refractivity contribution in [2.75, 3.05) is 13.2 Å². The van der Waals surface area contributed by atoms with Crippen LogP contribution < -0.4 is 20.1 Å². The Bertz CT molecular complexity index is 1640. The smallest absolute Gasteiger partial charge is 0.252 e. The highest BCUT2D eigenvalue weighted by Crippen LogP contribution is 2.39. The van der Waals surface area contributed by atoms with E-state index in [0.717, 1.165) is 52.4 Å². The van der Waals surface area contributed by atoms with E-state index in [0.29, 0.717) is 29.9 Å². The summed E-state index contributed by atoms with van der Waals surface area (Å²) in [5, 5.41) is 7.47. The van der Waals surface area contributed by atoms with E-state index in [4.69, 9.17) is 16.3 Å². The normalized spacial score (nSPS) is 15.8. The molecule has 4 aromatic rings. The lowest BCUT2D eigenvalue weighted by Gasteiger charge is -2.28. The van der Waals surface area contributed by atoms with E-state index >= 15 is 0 Å². The summed E-state index contributed by atoms with van der Waals surface area (Å²) >= 11 is 7.62. The van der Waals surface area contributed by atoms with Crippen LogP contribution in [0.5, 0.6) is 5.75 Å². The summed E-state index contributed by atoms with van der Waals surface area (Å²) in [7, 11) is -4.02. The van der Waals surface area contributed by atoms with Crippen molar-refractivity contribution >= 4 is 49.0 Å². The molecule has 3 N–H and O–H groups in total. The van der Waals surface area contributed by atoms with E-state index in [1.165, 1.54) is 0 Å². The average Bonchev–Trinajstić information content (AvgIpc) is 3.32. The molecule has 7 nitrogen and oxygen atoms in total. The predicted molar refractivity (Wildman–Crippen MR) is 170 cm³/mol. The molecule has 0 radical (unpaired) electrons. The fourth-order valence-electron chi connectivity index (χ4n) is 5.07. The number of thiophene rings is 1. The van der Waals surface area contributed by atoms with Crippen LogP contribution in [0, 0.1) is 5.92 Å². The Kier molecular flexibility index (Phi) is 9.85. The quantitative estimate of drug-likeness (QED) is 0.152. The number of hydrogen-bond acceptors (Lipinski definition) is 6. The van der Waals surface area contributed by atoms with Crippen LogP contribution in [0.25, 0.3) is 10.1 Å². The number of carbonyl (C=O) groups is 1. The Morgan fingerprint density at radius 3 is 2.60 bits per heavy atom. The highest BCUT2D eigenvalue weighted by molar-refractivity contribution is 7.92. The average molecular weight is 626 g/mol. The zero-order valence-corrected chi connectivity index (χ0v) is 26.1. The van der Waals surface area contributed by atoms with Gasteiger partial charge in [-0.1, -0.05) is 86.1 Å². The van der Waals surface area contributed by atoms with E-state index in [2.05, 4.69) is 35.3 Å². The molecule has 5 rings (SSSR count). The topological polar surface area (TPSA) is 96.5 Å². The molecule has 2 heterocycles. The molecule has 10 heteroatoms. The number of sulfonamides is 1. The molecule has 1 amide bonds. The first-order valence-corrected chi connectivity index (χ1v) is 16.9. The van der Waals surface area contributed by atoms with Gasteiger partial charge in [0.25, 0.3) is 10.0 Å². The van der Waals surface area contributed by atoms with Gasteiger partial charge in [0, 0.05) is 35.0 Å². The van der Waals surface area contributed by atoms with E-state index in [9.17, 15) is 13.2 Å². The van der Waals surface area contributed by atoms with Gasteiger partial charge < -0.3 is 15.4 Å². The third kappa shape index (κ3) is 7.33. The summed E-state index contributed by atoms with van der Waals surface area (Å²) in [4.78, 5) is 13.4. The molecule has 3 aromatic carbocycles. The Hall–Kier alpha value is -2.95. The minimum Gasteiger partial charge on any atom is -0.493 e. The lowest BCUT2D eigenvalue weighted by molar-refractivity contribution is -0.122. The highest BCUT2D eigenvalue weighted by atomic mass is 35.5. The fourth-order valence-corrected chi connectivity index (χ4v) is 8.44. The van der Waals surface area contributed by atoms with Gasteiger partial charge in [-0.15, -0.1) is 11.3 Å². The van der Waals surface area contributed by atoms with Crippen LogP contribution in [0.1, 0.15) is 61.9 Å². The van der Waals surface area contributed by atoms with Crippen molar-refractivity contribution in [1.29, 1.82) is 0 Å². The number of fused-ring (bicyclic) bond motifs is 2. The second-order valence-electron chi connectivity index (χ2n) is 11.0. The van der Waals surface area contributed by atoms with Crippen molar-refractivity contribution in [3.05, 3.63) is 94.5 Å². The molecule has 42 heavy (non-hydrogen) atoms. The van der Waals surface area contributed by atoms with Crippen LogP contribution in [-0.2, 0) is 21.4 Å². The number of rotatable bonds is 12. The second-order valence-corrected chi connectivity index (χ2v) is 14.3. The summed E-state index contributed by atoms with van der Waals surface area (Å²) in [6.45, 7) is 6.61. The van der Waals surface area contributed by atoms with Crippen LogP contribution in [0.15, 0.2) is 77.0 Å². The van der Waals surface area contributed by atoms with Gasteiger partial charge in [-0.2, -0.15) is 0 Å². The van der Waals surface area contributed by atoms with Crippen LogP contribution in [0.4, 0.5) is 0 Å². The van der Waals surface area contributed by atoms with Crippen molar-refractivity contribution in [1.82, 2.24) is 15.4 Å². The Balaban J connectivity index is 1.30. The van der Waals surface area contributed by atoms with Crippen molar-refractivity contribution in [2.45, 2.75) is 55.9 Å². The minimum atomic E-state index is -4.02. The first-order chi connectivity index (χ1) is 20.2. The summed E-state index contributed by atoms with van der Waals surface area (Å²) in [6.07, 6.45) is 1.67. The summed E-state index contributed by atoms with van der Waals surface area (Å²) in [5.74, 6) is 1.17. The van der Waals surface area contributed by atoms with Crippen LogP contribution >= 0.6 is 22.9 Å². The lowest BCUT2D eigenvalue weighted by atomic mass is 9.98. The van der Waals surface area contributed by atoms with Crippen molar-refractivity contribution in [3.8, 4) is 5.75 Å². The monoisotopic (exact) mass is 625 g/mol. The van der Waals surface area contributed by atoms with Gasteiger partial charge in [0.2, 0.25) is 5.91 Å². The second kappa shape index (κ2) is 13.6. The van der Waals surface area contributed by atoms with Gasteiger partial charge >= 0.3 is 0 Å². The third-order valence-corrected chi connectivity index (χ3v) is 11.1. The number of nitrogens with one attached hydrogen (secondary N) is 3. The van der Waals surface area contributed by atoms with Gasteiger partial charge in [-0.25, -0.2) is 13.1 Å². The first kappa shape index (κ1) is 30.5. The Morgan fingerprint density at radius 2 is 1.83 bits per heavy atom. The number of hydrogen-bond donors (Lipinski definition) is 3. The van der Waals surface area contributed by atoms with E-state index in [-0.39, 0.29) is 27.6 Å². The van der Waals surface area contributed by atoms with Crippen molar-refractivity contribution in [2.24, 2.45) is 5.92 Å². The van der Waals surface area contributed by atoms with Crippen LogP contribution in [0.2, 0.25) is 5.02 Å².